The molecule has 2 rings (SSSR count). The van der Waals surface area contributed by atoms with Crippen molar-refractivity contribution >= 4 is 17.5 Å². The van der Waals surface area contributed by atoms with E-state index >= 15 is 0 Å². The SMILES string of the molecule is C/C(=N\c1c([N+](=O)[O-])ncn1C)N1CCOCC1. The average Bonchev–Trinajstić information content (AvgIpc) is 2.72. The van der Waals surface area contributed by atoms with Crippen molar-refractivity contribution < 1.29 is 9.66 Å². The Hall–Kier alpha value is -1.96. The minimum atomic E-state index is -0.522. The van der Waals surface area contributed by atoms with Gasteiger partial charge in [0.25, 0.3) is 0 Å². The lowest BCUT2D eigenvalue weighted by molar-refractivity contribution is -0.388. The first-order chi connectivity index (χ1) is 8.59. The van der Waals surface area contributed by atoms with Crippen molar-refractivity contribution in [2.45, 2.75) is 6.92 Å². The molecule has 1 aliphatic heterocycles. The van der Waals surface area contributed by atoms with Gasteiger partial charge in [0.2, 0.25) is 12.1 Å². The van der Waals surface area contributed by atoms with Gasteiger partial charge in [-0.05, 0) is 16.8 Å². The van der Waals surface area contributed by atoms with Crippen molar-refractivity contribution in [3.8, 4) is 0 Å². The number of aliphatic imine (C=N–C) groups is 1. The second-order valence-corrected chi connectivity index (χ2v) is 4.02. The van der Waals surface area contributed by atoms with Crippen molar-refractivity contribution in [3.05, 3.63) is 16.4 Å². The van der Waals surface area contributed by atoms with Crippen molar-refractivity contribution in [2.24, 2.45) is 12.0 Å². The molecule has 0 aromatic carbocycles. The standard InChI is InChI=1S/C10H15N5O3/c1-8(14-3-5-18-6-4-14)12-10-9(15(16)17)11-7-13(10)2/h7H,3-6H2,1-2H3/b12-8+. The fourth-order valence-electron chi connectivity index (χ4n) is 1.78. The largest absolute Gasteiger partial charge is 0.408 e. The number of nitro groups is 1. The van der Waals surface area contributed by atoms with E-state index in [1.807, 2.05) is 11.8 Å². The number of aromatic nitrogens is 2. The first kappa shape index (κ1) is 12.5. The fourth-order valence-corrected chi connectivity index (χ4v) is 1.78. The quantitative estimate of drug-likeness (QED) is 0.335. The minimum absolute atomic E-state index is 0.217. The van der Waals surface area contributed by atoms with Crippen LogP contribution in [0.25, 0.3) is 0 Å². The number of morpholine rings is 1. The summed E-state index contributed by atoms with van der Waals surface area (Å²) in [5.41, 5.74) is 0. The zero-order valence-corrected chi connectivity index (χ0v) is 10.4. The maximum atomic E-state index is 10.8. The van der Waals surface area contributed by atoms with Gasteiger partial charge in [-0.25, -0.2) is 4.99 Å². The summed E-state index contributed by atoms with van der Waals surface area (Å²) < 4.78 is 6.79. The molecule has 0 spiro atoms. The van der Waals surface area contributed by atoms with Crippen molar-refractivity contribution in [1.82, 2.24) is 14.5 Å². The molecule has 0 aliphatic carbocycles. The second-order valence-electron chi connectivity index (χ2n) is 4.02. The molecule has 2 heterocycles. The molecule has 18 heavy (non-hydrogen) atoms. The lowest BCUT2D eigenvalue weighted by Crippen LogP contribution is -2.39. The van der Waals surface area contributed by atoms with E-state index in [1.165, 1.54) is 6.33 Å². The summed E-state index contributed by atoms with van der Waals surface area (Å²) in [6.45, 7) is 4.64. The third kappa shape index (κ3) is 2.48. The topological polar surface area (TPSA) is 85.8 Å². The fraction of sp³-hybridized carbons (Fsp3) is 0.600. The van der Waals surface area contributed by atoms with Crippen molar-refractivity contribution in [1.29, 1.82) is 0 Å². The Morgan fingerprint density at radius 3 is 2.83 bits per heavy atom. The van der Waals surface area contributed by atoms with Gasteiger partial charge in [0, 0.05) is 20.1 Å². The molecular formula is C10H15N5O3. The molecule has 8 nitrogen and oxygen atoms in total. The summed E-state index contributed by atoms with van der Waals surface area (Å²) in [4.78, 5) is 20.4. The van der Waals surface area contributed by atoms with E-state index in [0.717, 1.165) is 18.9 Å². The molecule has 0 atom stereocenters. The maximum absolute atomic E-state index is 10.8. The summed E-state index contributed by atoms with van der Waals surface area (Å²) >= 11 is 0. The highest BCUT2D eigenvalue weighted by atomic mass is 16.6. The molecule has 0 amide bonds. The zero-order chi connectivity index (χ0) is 13.1. The number of ether oxygens (including phenoxy) is 1. The maximum Gasteiger partial charge on any atom is 0.408 e. The van der Waals surface area contributed by atoms with E-state index in [9.17, 15) is 10.1 Å². The molecule has 1 aromatic heterocycles. The summed E-state index contributed by atoms with van der Waals surface area (Å²) in [7, 11) is 1.69. The Morgan fingerprint density at radius 1 is 1.56 bits per heavy atom. The molecule has 0 bridgehead atoms. The molecule has 98 valence electrons. The highest BCUT2D eigenvalue weighted by Gasteiger charge is 2.21. The van der Waals surface area contributed by atoms with E-state index in [0.29, 0.717) is 13.2 Å². The van der Waals surface area contributed by atoms with Gasteiger partial charge >= 0.3 is 5.82 Å². The Morgan fingerprint density at radius 2 is 2.22 bits per heavy atom. The number of hydrogen-bond donors (Lipinski definition) is 0. The van der Waals surface area contributed by atoms with Crippen molar-refractivity contribution in [3.63, 3.8) is 0 Å². The molecule has 1 aliphatic rings. The van der Waals surface area contributed by atoms with Gasteiger partial charge in [-0.15, -0.1) is 0 Å². The van der Waals surface area contributed by atoms with Crippen LogP contribution in [-0.2, 0) is 11.8 Å². The van der Waals surface area contributed by atoms with Crippen LogP contribution in [0.3, 0.4) is 0 Å². The van der Waals surface area contributed by atoms with Gasteiger partial charge in [0.05, 0.1) is 13.2 Å². The van der Waals surface area contributed by atoms with E-state index in [4.69, 9.17) is 4.74 Å². The van der Waals surface area contributed by atoms with Crippen LogP contribution in [0.4, 0.5) is 11.6 Å². The Bertz CT molecular complexity index is 476. The Balaban J connectivity index is 2.25. The van der Waals surface area contributed by atoms with Gasteiger partial charge in [-0.3, -0.25) is 4.57 Å². The molecule has 0 saturated carbocycles. The summed E-state index contributed by atoms with van der Waals surface area (Å²) in [5, 5.41) is 10.8. The zero-order valence-electron chi connectivity index (χ0n) is 10.4. The third-order valence-electron chi connectivity index (χ3n) is 2.80. The van der Waals surface area contributed by atoms with Crippen LogP contribution in [0.15, 0.2) is 11.3 Å². The lowest BCUT2D eigenvalue weighted by atomic mass is 10.4. The molecule has 0 N–H and O–H groups in total. The number of imidazole rings is 1. The van der Waals surface area contributed by atoms with Crippen LogP contribution in [0.5, 0.6) is 0 Å². The Kier molecular flexibility index (Phi) is 3.56. The van der Waals surface area contributed by atoms with Gasteiger partial charge in [-0.2, -0.15) is 0 Å². The molecular weight excluding hydrogens is 238 g/mol. The number of rotatable bonds is 2. The number of nitrogens with zero attached hydrogens (tertiary/aromatic N) is 5. The third-order valence-corrected chi connectivity index (χ3v) is 2.80. The van der Waals surface area contributed by atoms with Gasteiger partial charge in [-0.1, -0.05) is 0 Å². The van der Waals surface area contributed by atoms with Gasteiger partial charge in [0.15, 0.2) is 0 Å². The molecule has 0 radical (unpaired) electrons. The summed E-state index contributed by atoms with van der Waals surface area (Å²) in [6.07, 6.45) is 1.39. The normalized spacial score (nSPS) is 17.0. The molecule has 1 aromatic rings. The van der Waals surface area contributed by atoms with Crippen LogP contribution in [-0.4, -0.2) is 51.5 Å². The number of hydrogen-bond acceptors (Lipinski definition) is 5. The minimum Gasteiger partial charge on any atom is -0.378 e. The monoisotopic (exact) mass is 253 g/mol. The number of amidine groups is 1. The lowest BCUT2D eigenvalue weighted by Gasteiger charge is -2.28. The van der Waals surface area contributed by atoms with Crippen LogP contribution in [0.2, 0.25) is 0 Å². The first-order valence-corrected chi connectivity index (χ1v) is 5.63. The van der Waals surface area contributed by atoms with E-state index in [1.54, 1.807) is 11.6 Å². The first-order valence-electron chi connectivity index (χ1n) is 5.63. The van der Waals surface area contributed by atoms with E-state index in [-0.39, 0.29) is 11.6 Å². The smallest absolute Gasteiger partial charge is 0.378 e. The molecule has 0 unspecified atom stereocenters. The van der Waals surface area contributed by atoms with Crippen LogP contribution in [0.1, 0.15) is 6.92 Å². The van der Waals surface area contributed by atoms with Crippen molar-refractivity contribution in [2.75, 3.05) is 26.3 Å². The average molecular weight is 253 g/mol. The summed E-state index contributed by atoms with van der Waals surface area (Å²) in [6, 6.07) is 0. The van der Waals surface area contributed by atoms with E-state index < -0.39 is 4.92 Å². The molecule has 8 heteroatoms. The van der Waals surface area contributed by atoms with Crippen LogP contribution in [0, 0.1) is 10.1 Å². The summed E-state index contributed by atoms with van der Waals surface area (Å²) in [5.74, 6) is 0.791. The van der Waals surface area contributed by atoms with Crippen LogP contribution < -0.4 is 0 Å². The second kappa shape index (κ2) is 5.13. The number of aryl methyl sites for hydroxylation is 1. The van der Waals surface area contributed by atoms with Crippen LogP contribution >= 0.6 is 0 Å². The van der Waals surface area contributed by atoms with E-state index in [2.05, 4.69) is 9.98 Å². The van der Waals surface area contributed by atoms with Gasteiger partial charge < -0.3 is 19.8 Å². The molecule has 1 saturated heterocycles. The predicted octanol–water partition coefficient (Wildman–Crippen LogP) is 0.710. The highest BCUT2D eigenvalue weighted by Crippen LogP contribution is 2.24. The Labute approximate surface area is 104 Å². The van der Waals surface area contributed by atoms with Gasteiger partial charge in [0.1, 0.15) is 5.84 Å². The predicted molar refractivity (Wildman–Crippen MR) is 65.0 cm³/mol. The molecule has 1 fully saturated rings. The highest BCUT2D eigenvalue weighted by molar-refractivity contribution is 5.83.